The van der Waals surface area contributed by atoms with Gasteiger partial charge in [0.25, 0.3) is 0 Å². The molecule has 1 aliphatic carbocycles. The van der Waals surface area contributed by atoms with Crippen LogP contribution in [0.25, 0.3) is 0 Å². The molecule has 1 aromatic heterocycles. The van der Waals surface area contributed by atoms with Crippen LogP contribution in [0.2, 0.25) is 0 Å². The first-order valence-electron chi connectivity index (χ1n) is 7.11. The van der Waals surface area contributed by atoms with Crippen molar-refractivity contribution < 1.29 is 9.21 Å². The number of carbonyl (C=O) groups excluding carboxylic acids is 1. The molecule has 3 rings (SSSR count). The Bertz CT molecular complexity index is 457. The number of nitrogen functional groups attached to an aromatic ring is 1. The van der Waals surface area contributed by atoms with Gasteiger partial charge in [0.15, 0.2) is 5.76 Å². The summed E-state index contributed by atoms with van der Waals surface area (Å²) < 4.78 is 5.25. The molecule has 0 aromatic carbocycles. The molecule has 5 heteroatoms. The van der Waals surface area contributed by atoms with Crippen molar-refractivity contribution in [3.05, 3.63) is 23.7 Å². The van der Waals surface area contributed by atoms with Crippen LogP contribution in [0.1, 0.15) is 48.2 Å². The number of nitrogens with one attached hydrogen (secondary N) is 1. The third-order valence-electron chi connectivity index (χ3n) is 4.57. The van der Waals surface area contributed by atoms with Gasteiger partial charge >= 0.3 is 5.91 Å². The smallest absolute Gasteiger partial charge is 0.301 e. The highest BCUT2D eigenvalue weighted by molar-refractivity contribution is 5.92. The molecule has 2 unspecified atom stereocenters. The van der Waals surface area contributed by atoms with Crippen molar-refractivity contribution in [1.82, 2.24) is 10.3 Å². The molecule has 1 aliphatic heterocycles. The highest BCUT2D eigenvalue weighted by atomic mass is 16.3. The van der Waals surface area contributed by atoms with E-state index in [2.05, 4.69) is 10.3 Å². The molecule has 1 saturated heterocycles. The van der Waals surface area contributed by atoms with Gasteiger partial charge in [-0.2, -0.15) is 0 Å². The Morgan fingerprint density at radius 1 is 1.42 bits per heavy atom. The molecular formula is C14H21N3O2. The molecule has 1 amide bonds. The number of rotatable bonds is 3. The minimum atomic E-state index is -0.347. The van der Waals surface area contributed by atoms with Crippen molar-refractivity contribution in [2.24, 2.45) is 11.8 Å². The first kappa shape index (κ1) is 12.7. The van der Waals surface area contributed by atoms with Crippen LogP contribution >= 0.6 is 0 Å². The zero-order valence-corrected chi connectivity index (χ0v) is 11.1. The number of piperidine rings is 1. The fourth-order valence-corrected chi connectivity index (χ4v) is 3.70. The summed E-state index contributed by atoms with van der Waals surface area (Å²) in [6.45, 7) is 1.91. The fraction of sp³-hybridized carbons (Fsp3) is 0.643. The first-order valence-corrected chi connectivity index (χ1v) is 7.11. The number of furan rings is 1. The van der Waals surface area contributed by atoms with Crippen LogP contribution in [0.15, 0.2) is 16.7 Å². The number of nitrogens with two attached hydrogens (primary N) is 1. The Morgan fingerprint density at radius 3 is 3.11 bits per heavy atom. The number of hydrogen-bond donors (Lipinski definition) is 2. The van der Waals surface area contributed by atoms with Crippen LogP contribution in [-0.2, 0) is 6.54 Å². The molecule has 2 atom stereocenters. The summed E-state index contributed by atoms with van der Waals surface area (Å²) in [5.74, 6) is 6.03. The number of nitrogens with zero attached hydrogens (tertiary/aromatic N) is 1. The number of fused-ring (bicyclic) bond motifs is 1. The van der Waals surface area contributed by atoms with Crippen LogP contribution in [0.4, 0.5) is 0 Å². The van der Waals surface area contributed by atoms with E-state index in [1.165, 1.54) is 32.1 Å². The Labute approximate surface area is 113 Å². The highest BCUT2D eigenvalue weighted by Gasteiger charge is 2.35. The van der Waals surface area contributed by atoms with Gasteiger partial charge in [-0.3, -0.25) is 15.1 Å². The van der Waals surface area contributed by atoms with E-state index in [1.807, 2.05) is 6.07 Å². The van der Waals surface area contributed by atoms with E-state index < -0.39 is 0 Å². The van der Waals surface area contributed by atoms with Crippen LogP contribution in [0.5, 0.6) is 0 Å². The topological polar surface area (TPSA) is 71.5 Å². The van der Waals surface area contributed by atoms with E-state index >= 15 is 0 Å². The quantitative estimate of drug-likeness (QED) is 0.494. The number of amides is 1. The van der Waals surface area contributed by atoms with Crippen molar-refractivity contribution in [3.63, 3.8) is 0 Å². The Hall–Kier alpha value is -1.33. The zero-order chi connectivity index (χ0) is 13.2. The van der Waals surface area contributed by atoms with Gasteiger partial charge in [0.1, 0.15) is 0 Å². The van der Waals surface area contributed by atoms with Gasteiger partial charge in [-0.05, 0) is 44.2 Å². The summed E-state index contributed by atoms with van der Waals surface area (Å²) in [6.07, 6.45) is 8.19. The van der Waals surface area contributed by atoms with Crippen LogP contribution in [0.3, 0.4) is 0 Å². The Kier molecular flexibility index (Phi) is 3.57. The van der Waals surface area contributed by atoms with Crippen molar-refractivity contribution in [2.45, 2.75) is 44.7 Å². The zero-order valence-electron chi connectivity index (χ0n) is 11.1. The van der Waals surface area contributed by atoms with Gasteiger partial charge in [0.05, 0.1) is 6.26 Å². The second kappa shape index (κ2) is 5.35. The summed E-state index contributed by atoms with van der Waals surface area (Å²) in [6, 6.07) is 2.57. The van der Waals surface area contributed by atoms with Crippen molar-refractivity contribution in [3.8, 4) is 0 Å². The lowest BCUT2D eigenvalue weighted by Crippen LogP contribution is -2.42. The maximum atomic E-state index is 11.6. The number of hydrazine groups is 1. The predicted molar refractivity (Wildman–Crippen MR) is 71.1 cm³/mol. The van der Waals surface area contributed by atoms with E-state index in [0.29, 0.717) is 11.8 Å². The molecule has 0 radical (unpaired) electrons. The lowest BCUT2D eigenvalue weighted by Gasteiger charge is -2.37. The minimum absolute atomic E-state index is 0.347. The average molecular weight is 263 g/mol. The Balaban J connectivity index is 1.74. The monoisotopic (exact) mass is 263 g/mol. The molecule has 3 N–H and O–H groups in total. The van der Waals surface area contributed by atoms with Gasteiger partial charge in [0.2, 0.25) is 0 Å². The third-order valence-corrected chi connectivity index (χ3v) is 4.57. The molecule has 2 fully saturated rings. The van der Waals surface area contributed by atoms with E-state index in [4.69, 9.17) is 10.3 Å². The molecule has 1 saturated carbocycles. The molecule has 104 valence electrons. The van der Waals surface area contributed by atoms with E-state index in [0.717, 1.165) is 24.6 Å². The number of likely N-dealkylation sites (tertiary alicyclic amines) is 1. The summed E-state index contributed by atoms with van der Waals surface area (Å²) in [4.78, 5) is 14.1. The summed E-state index contributed by atoms with van der Waals surface area (Å²) >= 11 is 0. The van der Waals surface area contributed by atoms with Gasteiger partial charge < -0.3 is 4.42 Å². The van der Waals surface area contributed by atoms with Crippen molar-refractivity contribution in [2.75, 3.05) is 6.54 Å². The lowest BCUT2D eigenvalue weighted by atomic mass is 9.91. The SMILES string of the molecule is NNC(=O)c1occc1CN1CCCC2CCCC21. The van der Waals surface area contributed by atoms with Gasteiger partial charge in [-0.25, -0.2) is 5.84 Å². The van der Waals surface area contributed by atoms with E-state index in [1.54, 1.807) is 6.26 Å². The number of carbonyl (C=O) groups is 1. The standard InChI is InChI=1S/C14H21N3O2/c15-16-14(18)13-11(6-8-19-13)9-17-7-2-4-10-3-1-5-12(10)17/h6,8,10,12H,1-5,7,9,15H2,(H,16,18). The largest absolute Gasteiger partial charge is 0.459 e. The summed E-state index contributed by atoms with van der Waals surface area (Å²) in [7, 11) is 0. The lowest BCUT2D eigenvalue weighted by molar-refractivity contribution is 0.0907. The third kappa shape index (κ3) is 2.40. The number of hydrogen-bond acceptors (Lipinski definition) is 4. The maximum Gasteiger partial charge on any atom is 0.301 e. The molecular weight excluding hydrogens is 242 g/mol. The van der Waals surface area contributed by atoms with Crippen LogP contribution < -0.4 is 11.3 Å². The second-order valence-electron chi connectivity index (χ2n) is 5.62. The van der Waals surface area contributed by atoms with E-state index in [-0.39, 0.29) is 5.91 Å². The summed E-state index contributed by atoms with van der Waals surface area (Å²) in [5.41, 5.74) is 3.08. The molecule has 1 aromatic rings. The maximum absolute atomic E-state index is 11.6. The summed E-state index contributed by atoms with van der Waals surface area (Å²) in [5, 5.41) is 0. The van der Waals surface area contributed by atoms with E-state index in [9.17, 15) is 4.79 Å². The van der Waals surface area contributed by atoms with Crippen LogP contribution in [-0.4, -0.2) is 23.4 Å². The fourth-order valence-electron chi connectivity index (χ4n) is 3.70. The molecule has 5 nitrogen and oxygen atoms in total. The highest BCUT2D eigenvalue weighted by Crippen LogP contribution is 2.37. The molecule has 2 heterocycles. The minimum Gasteiger partial charge on any atom is -0.459 e. The van der Waals surface area contributed by atoms with Crippen molar-refractivity contribution in [1.29, 1.82) is 0 Å². The molecule has 2 aliphatic rings. The van der Waals surface area contributed by atoms with Gasteiger partial charge in [-0.1, -0.05) is 6.42 Å². The van der Waals surface area contributed by atoms with Gasteiger partial charge in [-0.15, -0.1) is 0 Å². The van der Waals surface area contributed by atoms with Gasteiger partial charge in [0, 0.05) is 18.2 Å². The average Bonchev–Trinajstić information content (AvgIpc) is 3.06. The van der Waals surface area contributed by atoms with Crippen LogP contribution in [0, 0.1) is 5.92 Å². The Morgan fingerprint density at radius 2 is 2.26 bits per heavy atom. The molecule has 0 bridgehead atoms. The predicted octanol–water partition coefficient (Wildman–Crippen LogP) is 1.65. The normalized spacial score (nSPS) is 27.2. The molecule has 19 heavy (non-hydrogen) atoms. The van der Waals surface area contributed by atoms with Crippen molar-refractivity contribution >= 4 is 5.91 Å². The molecule has 0 spiro atoms. The second-order valence-corrected chi connectivity index (χ2v) is 5.62. The first-order chi connectivity index (χ1) is 9.29.